The summed E-state index contributed by atoms with van der Waals surface area (Å²) in [5.74, 6) is -1.70. The molecule has 9 heteroatoms. The fourth-order valence-corrected chi connectivity index (χ4v) is 3.06. The summed E-state index contributed by atoms with van der Waals surface area (Å²) in [7, 11) is 0. The summed E-state index contributed by atoms with van der Waals surface area (Å²) in [5, 5.41) is 18.6. The number of thiophene rings is 1. The van der Waals surface area contributed by atoms with Gasteiger partial charge in [-0.25, -0.2) is 9.59 Å². The van der Waals surface area contributed by atoms with Crippen molar-refractivity contribution >= 4 is 23.3 Å². The smallest absolute Gasteiger partial charge is 0.414 e. The van der Waals surface area contributed by atoms with Gasteiger partial charge in [-0.3, -0.25) is 4.90 Å². The minimum Gasteiger partial charge on any atom is -0.473 e. The zero-order valence-corrected chi connectivity index (χ0v) is 13.5. The van der Waals surface area contributed by atoms with Crippen LogP contribution in [0.5, 0.6) is 0 Å². The summed E-state index contributed by atoms with van der Waals surface area (Å²) in [4.78, 5) is 27.7. The number of aromatic nitrogens is 2. The van der Waals surface area contributed by atoms with Gasteiger partial charge in [-0.15, -0.1) is 11.3 Å². The average Bonchev–Trinajstić information content (AvgIpc) is 3.03. The third-order valence-corrected chi connectivity index (χ3v) is 4.19. The number of aryl methyl sites for hydroxylation is 2. The van der Waals surface area contributed by atoms with Gasteiger partial charge in [0.2, 0.25) is 5.89 Å². The van der Waals surface area contributed by atoms with Crippen LogP contribution in [-0.2, 0) is 16.1 Å². The number of rotatable bonds is 3. The van der Waals surface area contributed by atoms with Crippen molar-refractivity contribution < 1.29 is 24.3 Å². The van der Waals surface area contributed by atoms with Crippen molar-refractivity contribution in [2.75, 3.05) is 13.1 Å². The van der Waals surface area contributed by atoms with E-state index in [2.05, 4.69) is 34.1 Å². The van der Waals surface area contributed by atoms with E-state index in [1.54, 1.807) is 0 Å². The largest absolute Gasteiger partial charge is 0.473 e. The number of hydrogen-bond acceptors (Lipinski definition) is 7. The van der Waals surface area contributed by atoms with Crippen LogP contribution >= 0.6 is 11.3 Å². The summed E-state index contributed by atoms with van der Waals surface area (Å²) in [6.07, 6.45) is 0. The molecule has 0 radical (unpaired) electrons. The van der Waals surface area contributed by atoms with Crippen LogP contribution in [0.3, 0.4) is 0 Å². The third kappa shape index (κ3) is 4.86. The van der Waals surface area contributed by atoms with Crippen LogP contribution in [0.4, 0.5) is 0 Å². The van der Waals surface area contributed by atoms with E-state index in [1.165, 1.54) is 9.75 Å². The molecule has 2 aromatic heterocycles. The van der Waals surface area contributed by atoms with Gasteiger partial charge in [-0.2, -0.15) is 4.98 Å². The van der Waals surface area contributed by atoms with E-state index in [0.29, 0.717) is 5.92 Å². The Balaban J connectivity index is 0.000000277. The molecule has 0 bridgehead atoms. The van der Waals surface area contributed by atoms with Crippen molar-refractivity contribution in [3.05, 3.63) is 33.6 Å². The van der Waals surface area contributed by atoms with Crippen LogP contribution in [0.2, 0.25) is 0 Å². The minimum atomic E-state index is -1.82. The maximum absolute atomic E-state index is 9.10. The van der Waals surface area contributed by atoms with E-state index in [-0.39, 0.29) is 0 Å². The lowest BCUT2D eigenvalue weighted by molar-refractivity contribution is -0.159. The van der Waals surface area contributed by atoms with Crippen molar-refractivity contribution in [2.45, 2.75) is 26.3 Å². The second-order valence-corrected chi connectivity index (χ2v) is 6.57. The Morgan fingerprint density at radius 1 is 1.30 bits per heavy atom. The zero-order valence-electron chi connectivity index (χ0n) is 12.7. The summed E-state index contributed by atoms with van der Waals surface area (Å²) in [6, 6.07) is 4.39. The van der Waals surface area contributed by atoms with Gasteiger partial charge >= 0.3 is 11.9 Å². The first-order valence-corrected chi connectivity index (χ1v) is 7.71. The highest BCUT2D eigenvalue weighted by molar-refractivity contribution is 7.11. The molecule has 2 aromatic rings. The molecule has 23 heavy (non-hydrogen) atoms. The predicted molar refractivity (Wildman–Crippen MR) is 81.4 cm³/mol. The first kappa shape index (κ1) is 17.1. The maximum atomic E-state index is 9.10. The standard InChI is InChI=1S/C12H15N3OS.C2H2O4/c1-8-3-4-11(17-8)7-15-5-10(6-15)12-13-9(2)14-16-12;3-1(4)2(5)6/h3-4,10H,5-7H2,1-2H3;(H,3,4)(H,5,6). The molecule has 0 spiro atoms. The number of likely N-dealkylation sites (tertiary alicyclic amines) is 1. The number of nitrogens with zero attached hydrogens (tertiary/aromatic N) is 3. The van der Waals surface area contributed by atoms with E-state index in [4.69, 9.17) is 24.3 Å². The van der Waals surface area contributed by atoms with Gasteiger partial charge in [0.15, 0.2) is 5.82 Å². The van der Waals surface area contributed by atoms with Crippen LogP contribution in [0.15, 0.2) is 16.7 Å². The Morgan fingerprint density at radius 3 is 2.39 bits per heavy atom. The fourth-order valence-electron chi connectivity index (χ4n) is 2.12. The molecule has 8 nitrogen and oxygen atoms in total. The number of carboxylic acids is 2. The number of carboxylic acid groups (broad SMARTS) is 2. The Morgan fingerprint density at radius 2 is 1.96 bits per heavy atom. The zero-order chi connectivity index (χ0) is 17.0. The first-order valence-electron chi connectivity index (χ1n) is 6.89. The van der Waals surface area contributed by atoms with Gasteiger partial charge in [0.1, 0.15) is 0 Å². The highest BCUT2D eigenvalue weighted by Crippen LogP contribution is 2.28. The topological polar surface area (TPSA) is 117 Å². The highest BCUT2D eigenvalue weighted by atomic mass is 32.1. The molecule has 0 aliphatic carbocycles. The van der Waals surface area contributed by atoms with Gasteiger partial charge in [-0.1, -0.05) is 5.16 Å². The van der Waals surface area contributed by atoms with Crippen LogP contribution in [0, 0.1) is 13.8 Å². The van der Waals surface area contributed by atoms with Gasteiger partial charge in [0, 0.05) is 29.4 Å². The van der Waals surface area contributed by atoms with Crippen molar-refractivity contribution in [2.24, 2.45) is 0 Å². The predicted octanol–water partition coefficient (Wildman–Crippen LogP) is 1.50. The molecule has 2 N–H and O–H groups in total. The summed E-state index contributed by atoms with van der Waals surface area (Å²) in [5.41, 5.74) is 0. The van der Waals surface area contributed by atoms with Crippen LogP contribution in [-0.4, -0.2) is 50.3 Å². The first-order chi connectivity index (χ1) is 10.8. The van der Waals surface area contributed by atoms with E-state index in [1.807, 2.05) is 18.3 Å². The molecule has 0 amide bonds. The van der Waals surface area contributed by atoms with E-state index in [0.717, 1.165) is 31.3 Å². The van der Waals surface area contributed by atoms with Crippen molar-refractivity contribution in [3.8, 4) is 0 Å². The second-order valence-electron chi connectivity index (χ2n) is 5.19. The van der Waals surface area contributed by atoms with E-state index in [9.17, 15) is 0 Å². The lowest BCUT2D eigenvalue weighted by atomic mass is 10.0. The SMILES string of the molecule is Cc1noc(C2CN(Cc3ccc(C)s3)C2)n1.O=C(O)C(=O)O. The van der Waals surface area contributed by atoms with Crippen molar-refractivity contribution in [1.82, 2.24) is 15.0 Å². The molecule has 124 valence electrons. The van der Waals surface area contributed by atoms with Crippen LogP contribution in [0.25, 0.3) is 0 Å². The molecule has 1 aliphatic heterocycles. The molecular formula is C14H17N3O5S. The Hall–Kier alpha value is -2.26. The minimum absolute atomic E-state index is 0.428. The quantitative estimate of drug-likeness (QED) is 0.808. The highest BCUT2D eigenvalue weighted by Gasteiger charge is 2.32. The molecule has 3 rings (SSSR count). The monoisotopic (exact) mass is 339 g/mol. The summed E-state index contributed by atoms with van der Waals surface area (Å²) in [6.45, 7) is 7.10. The number of carbonyl (C=O) groups is 2. The number of hydrogen-bond donors (Lipinski definition) is 2. The Bertz CT molecular complexity index is 678. The van der Waals surface area contributed by atoms with E-state index >= 15 is 0 Å². The molecule has 3 heterocycles. The second kappa shape index (κ2) is 7.34. The molecule has 0 atom stereocenters. The molecule has 1 saturated heterocycles. The van der Waals surface area contributed by atoms with Crippen LogP contribution < -0.4 is 0 Å². The van der Waals surface area contributed by atoms with Crippen molar-refractivity contribution in [1.29, 1.82) is 0 Å². The van der Waals surface area contributed by atoms with Gasteiger partial charge in [-0.05, 0) is 26.0 Å². The fraction of sp³-hybridized carbons (Fsp3) is 0.429. The Labute approximate surface area is 136 Å². The maximum Gasteiger partial charge on any atom is 0.414 e. The normalized spacial score (nSPS) is 14.7. The van der Waals surface area contributed by atoms with Gasteiger partial charge in [0.25, 0.3) is 0 Å². The van der Waals surface area contributed by atoms with Gasteiger partial charge < -0.3 is 14.7 Å². The third-order valence-electron chi connectivity index (χ3n) is 3.21. The molecular weight excluding hydrogens is 322 g/mol. The molecule has 0 aromatic carbocycles. The summed E-state index contributed by atoms with van der Waals surface area (Å²) < 4.78 is 5.19. The van der Waals surface area contributed by atoms with Crippen molar-refractivity contribution in [3.63, 3.8) is 0 Å². The lowest BCUT2D eigenvalue weighted by Crippen LogP contribution is -2.44. The Kier molecular flexibility index (Phi) is 5.45. The number of aliphatic carboxylic acids is 2. The molecule has 0 saturated carbocycles. The molecule has 1 fully saturated rings. The molecule has 0 unspecified atom stereocenters. The molecule has 1 aliphatic rings. The van der Waals surface area contributed by atoms with E-state index < -0.39 is 11.9 Å². The van der Waals surface area contributed by atoms with Crippen LogP contribution in [0.1, 0.15) is 27.4 Å². The summed E-state index contributed by atoms with van der Waals surface area (Å²) >= 11 is 1.87. The average molecular weight is 339 g/mol. The lowest BCUT2D eigenvalue weighted by Gasteiger charge is -2.36. The van der Waals surface area contributed by atoms with Gasteiger partial charge in [0.05, 0.1) is 5.92 Å².